The number of aromatic nitrogens is 3. The van der Waals surface area contributed by atoms with Gasteiger partial charge in [-0.2, -0.15) is 0 Å². The fourth-order valence-corrected chi connectivity index (χ4v) is 2.40. The summed E-state index contributed by atoms with van der Waals surface area (Å²) >= 11 is 0. The van der Waals surface area contributed by atoms with Crippen LogP contribution in [0.1, 0.15) is 0 Å². The van der Waals surface area contributed by atoms with E-state index in [1.54, 1.807) is 6.20 Å². The molecular formula is C17H10N3. The molecule has 0 N–H and O–H groups in total. The SMILES string of the molecule is [c]1c(-c2ccnnn2)ccc2cc3ccccc3cc12. The Hall–Kier alpha value is -2.81. The molecule has 0 aliphatic heterocycles. The summed E-state index contributed by atoms with van der Waals surface area (Å²) in [7, 11) is 0. The van der Waals surface area contributed by atoms with E-state index < -0.39 is 0 Å². The molecule has 1 radical (unpaired) electrons. The molecule has 1 heterocycles. The third-order valence-corrected chi connectivity index (χ3v) is 3.40. The lowest BCUT2D eigenvalue weighted by Crippen LogP contribution is -1.89. The number of benzene rings is 3. The molecule has 4 aromatic rings. The number of fused-ring (bicyclic) bond motifs is 2. The second-order valence-corrected chi connectivity index (χ2v) is 4.66. The van der Waals surface area contributed by atoms with Crippen LogP contribution in [0.4, 0.5) is 0 Å². The highest BCUT2D eigenvalue weighted by atomic mass is 15.3. The Labute approximate surface area is 115 Å². The van der Waals surface area contributed by atoms with Crippen molar-refractivity contribution in [3.8, 4) is 11.3 Å². The smallest absolute Gasteiger partial charge is 0.0969 e. The molecule has 0 aliphatic carbocycles. The summed E-state index contributed by atoms with van der Waals surface area (Å²) in [5.74, 6) is 0. The highest BCUT2D eigenvalue weighted by molar-refractivity contribution is 5.99. The largest absolute Gasteiger partial charge is 0.139 e. The monoisotopic (exact) mass is 256 g/mol. The molecule has 0 spiro atoms. The zero-order valence-corrected chi connectivity index (χ0v) is 10.6. The molecule has 0 fully saturated rings. The second kappa shape index (κ2) is 4.38. The normalized spacial score (nSPS) is 11.0. The van der Waals surface area contributed by atoms with Gasteiger partial charge in [0.15, 0.2) is 0 Å². The summed E-state index contributed by atoms with van der Waals surface area (Å²) in [6, 6.07) is 22.0. The number of hydrogen-bond acceptors (Lipinski definition) is 3. The second-order valence-electron chi connectivity index (χ2n) is 4.66. The summed E-state index contributed by atoms with van der Waals surface area (Å²) < 4.78 is 0. The third kappa shape index (κ3) is 1.80. The summed E-state index contributed by atoms with van der Waals surface area (Å²) in [4.78, 5) is 0. The van der Waals surface area contributed by atoms with Crippen molar-refractivity contribution in [3.05, 3.63) is 66.9 Å². The van der Waals surface area contributed by atoms with Crippen molar-refractivity contribution in [3.63, 3.8) is 0 Å². The minimum atomic E-state index is 0.787. The first-order valence-electron chi connectivity index (χ1n) is 6.40. The van der Waals surface area contributed by atoms with Crippen molar-refractivity contribution in [2.24, 2.45) is 0 Å². The van der Waals surface area contributed by atoms with Gasteiger partial charge in [0, 0.05) is 11.6 Å². The minimum absolute atomic E-state index is 0.787. The number of nitrogens with zero attached hydrogens (tertiary/aromatic N) is 3. The molecule has 3 nitrogen and oxygen atoms in total. The first-order chi connectivity index (χ1) is 9.90. The van der Waals surface area contributed by atoms with Crippen molar-refractivity contribution < 1.29 is 0 Å². The molecule has 93 valence electrons. The maximum Gasteiger partial charge on any atom is 0.0969 e. The molecule has 3 aromatic carbocycles. The van der Waals surface area contributed by atoms with Crippen molar-refractivity contribution in [1.82, 2.24) is 15.4 Å². The van der Waals surface area contributed by atoms with Gasteiger partial charge in [0.25, 0.3) is 0 Å². The van der Waals surface area contributed by atoms with Crippen LogP contribution in [0.25, 0.3) is 32.8 Å². The van der Waals surface area contributed by atoms with Crippen molar-refractivity contribution >= 4 is 21.5 Å². The Morgan fingerprint density at radius 2 is 1.65 bits per heavy atom. The average Bonchev–Trinajstić information content (AvgIpc) is 2.53. The van der Waals surface area contributed by atoms with Crippen molar-refractivity contribution in [2.45, 2.75) is 0 Å². The van der Waals surface area contributed by atoms with Crippen LogP contribution < -0.4 is 0 Å². The fourth-order valence-electron chi connectivity index (χ4n) is 2.40. The number of rotatable bonds is 1. The fraction of sp³-hybridized carbons (Fsp3) is 0. The van der Waals surface area contributed by atoms with E-state index in [-0.39, 0.29) is 0 Å². The van der Waals surface area contributed by atoms with Gasteiger partial charge in [0.2, 0.25) is 0 Å². The first-order valence-corrected chi connectivity index (χ1v) is 6.40. The van der Waals surface area contributed by atoms with Gasteiger partial charge in [-0.3, -0.25) is 0 Å². The molecule has 0 atom stereocenters. The molecule has 0 aliphatic rings. The van der Waals surface area contributed by atoms with Gasteiger partial charge in [-0.1, -0.05) is 36.4 Å². The predicted octanol–water partition coefficient (Wildman–Crippen LogP) is 3.65. The van der Waals surface area contributed by atoms with Crippen LogP contribution in [0.2, 0.25) is 0 Å². The van der Waals surface area contributed by atoms with Crippen LogP contribution in [-0.4, -0.2) is 15.4 Å². The lowest BCUT2D eigenvalue weighted by atomic mass is 10.0. The average molecular weight is 256 g/mol. The first kappa shape index (κ1) is 11.1. The van der Waals surface area contributed by atoms with E-state index in [0.29, 0.717) is 0 Å². The van der Waals surface area contributed by atoms with Gasteiger partial charge in [0.05, 0.1) is 11.9 Å². The predicted molar refractivity (Wildman–Crippen MR) is 79.1 cm³/mol. The zero-order valence-electron chi connectivity index (χ0n) is 10.6. The minimum Gasteiger partial charge on any atom is -0.139 e. The maximum atomic E-state index is 4.03. The topological polar surface area (TPSA) is 38.7 Å². The Bertz CT molecular complexity index is 901. The van der Waals surface area contributed by atoms with Gasteiger partial charge >= 0.3 is 0 Å². The Balaban J connectivity index is 1.97. The van der Waals surface area contributed by atoms with Crippen molar-refractivity contribution in [2.75, 3.05) is 0 Å². The van der Waals surface area contributed by atoms with Gasteiger partial charge in [-0.05, 0) is 45.0 Å². The van der Waals surface area contributed by atoms with E-state index in [2.05, 4.69) is 57.9 Å². The van der Waals surface area contributed by atoms with Crippen LogP contribution in [0.15, 0.2) is 60.8 Å². The maximum absolute atomic E-state index is 4.03. The zero-order chi connectivity index (χ0) is 13.4. The Morgan fingerprint density at radius 3 is 2.45 bits per heavy atom. The molecule has 20 heavy (non-hydrogen) atoms. The van der Waals surface area contributed by atoms with E-state index in [9.17, 15) is 0 Å². The Kier molecular flexibility index (Phi) is 2.42. The van der Waals surface area contributed by atoms with Crippen LogP contribution in [0, 0.1) is 6.07 Å². The molecule has 0 bridgehead atoms. The lowest BCUT2D eigenvalue weighted by molar-refractivity contribution is 0.870. The summed E-state index contributed by atoms with van der Waals surface area (Å²) in [5.41, 5.74) is 1.72. The van der Waals surface area contributed by atoms with Gasteiger partial charge in [0.1, 0.15) is 0 Å². The van der Waals surface area contributed by atoms with E-state index in [1.807, 2.05) is 18.2 Å². The van der Waals surface area contributed by atoms with E-state index in [4.69, 9.17) is 0 Å². The standard InChI is InChI=1S/C17H10N3/c1-2-4-13-10-16-11-15(17-7-8-18-20-19-17)6-5-14(16)9-12(13)3-1/h1-10H. The van der Waals surface area contributed by atoms with Gasteiger partial charge < -0.3 is 0 Å². The third-order valence-electron chi connectivity index (χ3n) is 3.40. The summed E-state index contributed by atoms with van der Waals surface area (Å²) in [6.07, 6.45) is 1.64. The van der Waals surface area contributed by atoms with E-state index in [0.717, 1.165) is 16.6 Å². The van der Waals surface area contributed by atoms with Crippen LogP contribution >= 0.6 is 0 Å². The Morgan fingerprint density at radius 1 is 0.800 bits per heavy atom. The molecule has 1 aromatic heterocycles. The molecule has 0 amide bonds. The quantitative estimate of drug-likeness (QED) is 0.488. The van der Waals surface area contributed by atoms with E-state index in [1.165, 1.54) is 16.2 Å². The molecule has 0 unspecified atom stereocenters. The van der Waals surface area contributed by atoms with Crippen LogP contribution in [0.3, 0.4) is 0 Å². The van der Waals surface area contributed by atoms with Crippen molar-refractivity contribution in [1.29, 1.82) is 0 Å². The molecule has 3 heteroatoms. The molecule has 4 rings (SSSR count). The highest BCUT2D eigenvalue weighted by Crippen LogP contribution is 2.26. The van der Waals surface area contributed by atoms with E-state index >= 15 is 0 Å². The lowest BCUT2D eigenvalue weighted by Gasteiger charge is -2.04. The number of hydrogen-bond donors (Lipinski definition) is 0. The molecule has 0 saturated heterocycles. The summed E-state index contributed by atoms with van der Waals surface area (Å²) in [6.45, 7) is 0. The molecular weight excluding hydrogens is 246 g/mol. The van der Waals surface area contributed by atoms with Crippen LogP contribution in [0.5, 0.6) is 0 Å². The van der Waals surface area contributed by atoms with Gasteiger partial charge in [-0.25, -0.2) is 0 Å². The van der Waals surface area contributed by atoms with Gasteiger partial charge in [-0.15, -0.1) is 10.2 Å². The highest BCUT2D eigenvalue weighted by Gasteiger charge is 2.03. The molecule has 0 saturated carbocycles. The summed E-state index contributed by atoms with van der Waals surface area (Å²) in [5, 5.41) is 16.1. The van der Waals surface area contributed by atoms with Crippen LogP contribution in [-0.2, 0) is 0 Å².